The quantitative estimate of drug-likeness (QED) is 0.145. The van der Waals surface area contributed by atoms with Gasteiger partial charge in [-0.1, -0.05) is 126 Å². The number of nitrogens with zero attached hydrogens (tertiary/aromatic N) is 2. The highest BCUT2D eigenvalue weighted by Gasteiger charge is 2.30. The summed E-state index contributed by atoms with van der Waals surface area (Å²) >= 11 is 0. The van der Waals surface area contributed by atoms with Crippen molar-refractivity contribution in [1.82, 2.24) is 9.13 Å². The van der Waals surface area contributed by atoms with E-state index >= 15 is 0 Å². The fourth-order valence-corrected chi connectivity index (χ4v) is 10.7. The zero-order chi connectivity index (χ0) is 46.2. The predicted molar refractivity (Wildman–Crippen MR) is 271 cm³/mol. The summed E-state index contributed by atoms with van der Waals surface area (Å²) < 4.78 is 45.0. The van der Waals surface area contributed by atoms with Crippen LogP contribution in [0, 0.1) is 0 Å². The lowest BCUT2D eigenvalue weighted by atomic mass is 9.76. The Morgan fingerprint density at radius 2 is 0.818 bits per heavy atom. The summed E-state index contributed by atoms with van der Waals surface area (Å²) in [5, 5.41) is 4.75. The molecule has 8 aromatic carbocycles. The van der Waals surface area contributed by atoms with Gasteiger partial charge in [-0.25, -0.2) is 8.42 Å². The molecule has 0 saturated heterocycles. The molecular formula is C59H54N2O4S. The van der Waals surface area contributed by atoms with E-state index < -0.39 is 20.9 Å². The minimum atomic E-state index is -3.80. The molecule has 0 bridgehead atoms. The van der Waals surface area contributed by atoms with E-state index in [-0.39, 0.29) is 15.2 Å². The Morgan fingerprint density at radius 1 is 0.424 bits per heavy atom. The van der Waals surface area contributed by atoms with Crippen molar-refractivity contribution in [2.75, 3.05) is 0 Å². The van der Waals surface area contributed by atoms with Crippen LogP contribution in [0.25, 0.3) is 55.0 Å². The van der Waals surface area contributed by atoms with Gasteiger partial charge in [-0.05, 0) is 134 Å². The lowest BCUT2D eigenvalue weighted by Crippen LogP contribution is -2.22. The molecule has 2 heterocycles. The van der Waals surface area contributed by atoms with Crippen molar-refractivity contribution in [2.45, 2.75) is 81.6 Å². The van der Waals surface area contributed by atoms with Gasteiger partial charge in [0, 0.05) is 27.0 Å². The van der Waals surface area contributed by atoms with E-state index in [4.69, 9.17) is 9.47 Å². The van der Waals surface area contributed by atoms with Gasteiger partial charge >= 0.3 is 0 Å². The monoisotopic (exact) mass is 886 g/mol. The maximum atomic E-state index is 13.8. The lowest BCUT2D eigenvalue weighted by molar-refractivity contribution is 0.131. The summed E-state index contributed by atoms with van der Waals surface area (Å²) in [5.41, 5.74) is 9.12. The first-order valence-electron chi connectivity index (χ1n) is 22.6. The highest BCUT2D eigenvalue weighted by molar-refractivity contribution is 7.91. The van der Waals surface area contributed by atoms with Crippen LogP contribution < -0.4 is 9.47 Å². The summed E-state index contributed by atoms with van der Waals surface area (Å²) in [5.74, 6) is 1.77. The van der Waals surface area contributed by atoms with E-state index in [9.17, 15) is 8.42 Å². The van der Waals surface area contributed by atoms with Crippen molar-refractivity contribution in [1.29, 1.82) is 0 Å². The van der Waals surface area contributed by atoms with Gasteiger partial charge in [0.1, 0.15) is 17.1 Å². The molecule has 0 fully saturated rings. The molecule has 6 nitrogen and oxygen atoms in total. The predicted octanol–water partition coefficient (Wildman–Crippen LogP) is 15.3. The molecule has 0 N–H and O–H groups in total. The van der Waals surface area contributed by atoms with E-state index in [1.165, 1.54) is 38.6 Å². The fourth-order valence-electron chi connectivity index (χ4n) is 9.43. The number of ether oxygens (including phenoxy) is 2. The molecule has 0 aliphatic carbocycles. The number of para-hydroxylation sites is 4. The van der Waals surface area contributed by atoms with Crippen LogP contribution in [0.5, 0.6) is 17.2 Å². The highest BCUT2D eigenvalue weighted by Crippen LogP contribution is 2.44. The average molecular weight is 887 g/mol. The molecule has 0 aliphatic heterocycles. The first kappa shape index (κ1) is 42.8. The maximum absolute atomic E-state index is 13.8. The molecule has 0 aliphatic rings. The second-order valence-corrected chi connectivity index (χ2v) is 21.7. The summed E-state index contributed by atoms with van der Waals surface area (Å²) in [7, 11) is -3.80. The van der Waals surface area contributed by atoms with Crippen LogP contribution in [0.1, 0.15) is 72.1 Å². The maximum Gasteiger partial charge on any atom is 0.206 e. The summed E-state index contributed by atoms with van der Waals surface area (Å²) in [4.78, 5) is 0.372. The lowest BCUT2D eigenvalue weighted by Gasteiger charge is -2.31. The van der Waals surface area contributed by atoms with Crippen LogP contribution in [0.3, 0.4) is 0 Å². The number of rotatable bonds is 9. The van der Waals surface area contributed by atoms with Gasteiger partial charge < -0.3 is 18.6 Å². The molecule has 10 rings (SSSR count). The van der Waals surface area contributed by atoms with Crippen molar-refractivity contribution in [3.05, 3.63) is 199 Å². The molecule has 0 atom stereocenters. The number of fused-ring (bicyclic) bond motifs is 6. The first-order valence-corrected chi connectivity index (χ1v) is 24.1. The van der Waals surface area contributed by atoms with Gasteiger partial charge in [-0.3, -0.25) is 0 Å². The van der Waals surface area contributed by atoms with E-state index in [2.05, 4.69) is 177 Å². The average Bonchev–Trinajstić information content (AvgIpc) is 3.81. The van der Waals surface area contributed by atoms with Crippen molar-refractivity contribution in [3.63, 3.8) is 0 Å². The molecule has 7 heteroatoms. The molecule has 0 unspecified atom stereocenters. The Labute approximate surface area is 387 Å². The van der Waals surface area contributed by atoms with Crippen LogP contribution in [0.15, 0.2) is 192 Å². The zero-order valence-corrected chi connectivity index (χ0v) is 39.6. The minimum Gasteiger partial charge on any atom is -0.488 e. The van der Waals surface area contributed by atoms with Crippen LogP contribution in [0.4, 0.5) is 0 Å². The van der Waals surface area contributed by atoms with Crippen molar-refractivity contribution >= 4 is 53.4 Å². The number of hydrogen-bond acceptors (Lipinski definition) is 4. The molecule has 66 heavy (non-hydrogen) atoms. The van der Waals surface area contributed by atoms with Crippen LogP contribution >= 0.6 is 0 Å². The van der Waals surface area contributed by atoms with Gasteiger partial charge in [0.15, 0.2) is 5.75 Å². The Kier molecular flexibility index (Phi) is 10.3. The smallest absolute Gasteiger partial charge is 0.206 e. The van der Waals surface area contributed by atoms with Gasteiger partial charge in [-0.15, -0.1) is 0 Å². The van der Waals surface area contributed by atoms with E-state index in [0.717, 1.165) is 33.1 Å². The largest absolute Gasteiger partial charge is 0.488 e. The molecule has 0 spiro atoms. The van der Waals surface area contributed by atoms with Crippen molar-refractivity contribution in [3.8, 4) is 28.6 Å². The number of sulfone groups is 1. The SMILES string of the molecule is CC(C)(C)Oc1ccc(S(=O)(=O)c2ccc(Oc3ccc(C(C)(C)c4ccc(C(C)(C)C)c(-n5c6ccccc6c6ccccc65)c4)cc3-n3c4ccccc4c4ccccc43)cc2)cc1. The van der Waals surface area contributed by atoms with Gasteiger partial charge in [0.2, 0.25) is 9.84 Å². The van der Waals surface area contributed by atoms with Crippen molar-refractivity contribution < 1.29 is 17.9 Å². The molecule has 2 aromatic heterocycles. The zero-order valence-electron chi connectivity index (χ0n) is 38.8. The van der Waals surface area contributed by atoms with E-state index in [1.54, 1.807) is 48.5 Å². The molecule has 330 valence electrons. The molecule has 0 radical (unpaired) electrons. The number of benzene rings is 8. The van der Waals surface area contributed by atoms with Crippen LogP contribution in [0.2, 0.25) is 0 Å². The van der Waals surface area contributed by atoms with Gasteiger partial charge in [0.25, 0.3) is 0 Å². The second-order valence-electron chi connectivity index (χ2n) is 19.8. The standard InChI is InChI=1S/C59H54N2O4S/c1-57(2,3)49-35-25-39(37-54(49)60-50-21-13-9-17-45(50)46-18-10-14-22-51(46)60)59(7,8)40-26-36-56(55(38-40)61-52-23-15-11-19-47(52)48-20-12-16-24-53(48)61)64-41-27-31-43(32-28-41)66(62,63)44-33-29-42(30-34-44)65-58(4,5)6/h9-38H,1-8H3. The molecule has 0 saturated carbocycles. The van der Waals surface area contributed by atoms with Gasteiger partial charge in [0.05, 0.1) is 43.2 Å². The van der Waals surface area contributed by atoms with E-state index in [1.807, 2.05) is 20.8 Å². The third kappa shape index (κ3) is 7.51. The second kappa shape index (κ2) is 15.8. The van der Waals surface area contributed by atoms with E-state index in [0.29, 0.717) is 17.2 Å². The number of aromatic nitrogens is 2. The third-order valence-electron chi connectivity index (χ3n) is 12.8. The summed E-state index contributed by atoms with van der Waals surface area (Å²) in [6.45, 7) is 17.3. The normalized spacial score (nSPS) is 12.7. The minimum absolute atomic E-state index is 0.122. The summed E-state index contributed by atoms with van der Waals surface area (Å²) in [6, 6.07) is 61.1. The summed E-state index contributed by atoms with van der Waals surface area (Å²) in [6.07, 6.45) is 0. The first-order chi connectivity index (χ1) is 31.5. The topological polar surface area (TPSA) is 62.5 Å². The van der Waals surface area contributed by atoms with Crippen molar-refractivity contribution in [2.24, 2.45) is 0 Å². The number of hydrogen-bond donors (Lipinski definition) is 0. The highest BCUT2D eigenvalue weighted by atomic mass is 32.2. The van der Waals surface area contributed by atoms with Crippen LogP contribution in [-0.4, -0.2) is 23.2 Å². The molecule has 10 aromatic rings. The Bertz CT molecular complexity index is 3480. The van der Waals surface area contributed by atoms with Gasteiger partial charge in [-0.2, -0.15) is 0 Å². The Balaban J connectivity index is 1.09. The molecular weight excluding hydrogens is 833 g/mol. The fraction of sp³-hybridized carbons (Fsp3) is 0.186. The van der Waals surface area contributed by atoms with Crippen LogP contribution in [-0.2, 0) is 20.7 Å². The third-order valence-corrected chi connectivity index (χ3v) is 14.6. The Morgan fingerprint density at radius 3 is 1.26 bits per heavy atom. The molecule has 0 amide bonds. The Hall–Kier alpha value is -7.09.